The number of hydrogen-bond acceptors (Lipinski definition) is 5. The molecule has 0 atom stereocenters. The van der Waals surface area contributed by atoms with Gasteiger partial charge in [-0.25, -0.2) is 9.52 Å². The maximum absolute atomic E-state index is 12.4. The molecular weight excluding hydrogens is 294 g/mol. The molecule has 8 heteroatoms. The molecule has 1 amide bonds. The Kier molecular flexibility index (Phi) is 6.42. The number of nitrogens with one attached hydrogen (secondary N) is 1. The number of likely N-dealkylation sites (N-methyl/N-ethyl adjacent to an activating group) is 1. The first-order valence-corrected chi connectivity index (χ1v) is 8.85. The second-order valence-corrected chi connectivity index (χ2v) is 7.57. The van der Waals surface area contributed by atoms with E-state index >= 15 is 0 Å². The molecule has 7 nitrogen and oxygen atoms in total. The first-order valence-electron chi connectivity index (χ1n) is 7.41. The summed E-state index contributed by atoms with van der Waals surface area (Å²) in [7, 11) is -2.49. The predicted octanol–water partition coefficient (Wildman–Crippen LogP) is 1.35. The quantitative estimate of drug-likeness (QED) is 0.744. The summed E-state index contributed by atoms with van der Waals surface area (Å²) in [6.07, 6.45) is 4.11. The number of ether oxygens (including phenoxy) is 1. The number of hydrogen-bond donors (Lipinski definition) is 2. The largest absolute Gasteiger partial charge is 0.446 e. The number of nitrogens with two attached hydrogens (primary N) is 1. The van der Waals surface area contributed by atoms with Crippen LogP contribution in [-0.4, -0.2) is 44.1 Å². The summed E-state index contributed by atoms with van der Waals surface area (Å²) < 4.78 is 32.7. The number of nitrogens with zero attached hydrogens (tertiary/aromatic N) is 1. The summed E-state index contributed by atoms with van der Waals surface area (Å²) in [6, 6.07) is 0. The van der Waals surface area contributed by atoms with E-state index in [4.69, 9.17) is 10.5 Å². The van der Waals surface area contributed by atoms with Crippen LogP contribution in [0, 0.1) is 0 Å². The van der Waals surface area contributed by atoms with E-state index in [-0.39, 0.29) is 12.6 Å². The molecule has 0 bridgehead atoms. The van der Waals surface area contributed by atoms with E-state index in [1.54, 1.807) is 13.8 Å². The highest BCUT2D eigenvalue weighted by atomic mass is 32.2. The van der Waals surface area contributed by atoms with Crippen LogP contribution in [0.4, 0.5) is 4.79 Å². The van der Waals surface area contributed by atoms with Crippen molar-refractivity contribution in [1.29, 1.82) is 0 Å². The Morgan fingerprint density at radius 3 is 2.24 bits per heavy atom. The maximum atomic E-state index is 12.4. The summed E-state index contributed by atoms with van der Waals surface area (Å²) in [5, 5.41) is 0. The molecule has 21 heavy (non-hydrogen) atoms. The summed E-state index contributed by atoms with van der Waals surface area (Å²) in [4.78, 5) is 11.5. The van der Waals surface area contributed by atoms with Crippen molar-refractivity contribution < 1.29 is 17.9 Å². The zero-order valence-corrected chi connectivity index (χ0v) is 13.9. The monoisotopic (exact) mass is 321 g/mol. The molecule has 0 unspecified atom stereocenters. The zero-order valence-electron chi connectivity index (χ0n) is 13.1. The highest BCUT2D eigenvalue weighted by molar-refractivity contribution is 7.87. The van der Waals surface area contributed by atoms with Crippen LogP contribution in [-0.2, 0) is 14.9 Å². The minimum atomic E-state index is -3.96. The van der Waals surface area contributed by atoms with Crippen molar-refractivity contribution in [1.82, 2.24) is 9.03 Å². The van der Waals surface area contributed by atoms with Gasteiger partial charge in [0.15, 0.2) is 0 Å². The lowest BCUT2D eigenvalue weighted by Crippen LogP contribution is -2.57. The average molecular weight is 321 g/mol. The Balaban J connectivity index is 2.86. The molecule has 0 aliphatic heterocycles. The fourth-order valence-corrected chi connectivity index (χ4v) is 3.86. The van der Waals surface area contributed by atoms with Crippen LogP contribution >= 0.6 is 0 Å². The Morgan fingerprint density at radius 2 is 1.81 bits per heavy atom. The molecule has 0 heterocycles. The van der Waals surface area contributed by atoms with Gasteiger partial charge in [-0.15, -0.1) is 0 Å². The normalized spacial score (nSPS) is 19.3. The van der Waals surface area contributed by atoms with E-state index < -0.39 is 21.8 Å². The van der Waals surface area contributed by atoms with E-state index in [1.807, 2.05) is 4.72 Å². The van der Waals surface area contributed by atoms with E-state index in [0.717, 1.165) is 25.7 Å². The molecule has 0 aromatic heterocycles. The second kappa shape index (κ2) is 7.42. The van der Waals surface area contributed by atoms with Gasteiger partial charge in [0.1, 0.15) is 0 Å². The summed E-state index contributed by atoms with van der Waals surface area (Å²) in [5.74, 6) is 0. The van der Waals surface area contributed by atoms with E-state index in [1.165, 1.54) is 11.4 Å². The van der Waals surface area contributed by atoms with Gasteiger partial charge >= 0.3 is 16.3 Å². The molecule has 0 radical (unpaired) electrons. The van der Waals surface area contributed by atoms with Crippen molar-refractivity contribution in [3.63, 3.8) is 0 Å². The number of carbonyl (C=O) groups excluding carboxylic acids is 1. The molecule has 0 aromatic carbocycles. The maximum Gasteiger partial charge on any atom is 0.422 e. The Labute approximate surface area is 127 Å². The second-order valence-electron chi connectivity index (χ2n) is 5.87. The third kappa shape index (κ3) is 4.82. The number of rotatable bonds is 5. The predicted molar refractivity (Wildman–Crippen MR) is 80.9 cm³/mol. The van der Waals surface area contributed by atoms with Gasteiger partial charge in [-0.3, -0.25) is 0 Å². The molecular formula is C13H27N3O4S. The SMILES string of the molecule is CC(C)OC(=O)NS(=O)(=O)N(C)C1(CN)CCCCCC1. The third-order valence-corrected chi connectivity index (χ3v) is 5.53. The van der Waals surface area contributed by atoms with Crippen LogP contribution in [0.3, 0.4) is 0 Å². The Bertz CT molecular complexity index is 442. The van der Waals surface area contributed by atoms with Gasteiger partial charge in [-0.1, -0.05) is 25.7 Å². The molecule has 1 saturated carbocycles. The van der Waals surface area contributed by atoms with E-state index in [9.17, 15) is 13.2 Å². The lowest BCUT2D eigenvalue weighted by molar-refractivity contribution is 0.120. The fourth-order valence-electron chi connectivity index (χ4n) is 2.70. The van der Waals surface area contributed by atoms with Gasteiger partial charge in [-0.2, -0.15) is 12.7 Å². The molecule has 1 rings (SSSR count). The van der Waals surface area contributed by atoms with Crippen molar-refractivity contribution in [2.45, 2.75) is 64.0 Å². The van der Waals surface area contributed by atoms with Crippen LogP contribution < -0.4 is 10.5 Å². The lowest BCUT2D eigenvalue weighted by Gasteiger charge is -2.39. The van der Waals surface area contributed by atoms with Crippen molar-refractivity contribution >= 4 is 16.3 Å². The highest BCUT2D eigenvalue weighted by Gasteiger charge is 2.41. The zero-order chi connectivity index (χ0) is 16.1. The molecule has 1 aliphatic rings. The smallest absolute Gasteiger partial charge is 0.422 e. The average Bonchev–Trinajstić information content (AvgIpc) is 2.62. The summed E-state index contributed by atoms with van der Waals surface area (Å²) >= 11 is 0. The van der Waals surface area contributed by atoms with Gasteiger partial charge in [0.2, 0.25) is 0 Å². The minimum Gasteiger partial charge on any atom is -0.446 e. The molecule has 0 saturated heterocycles. The van der Waals surface area contributed by atoms with Gasteiger partial charge in [0, 0.05) is 19.1 Å². The van der Waals surface area contributed by atoms with Crippen LogP contribution in [0.25, 0.3) is 0 Å². The van der Waals surface area contributed by atoms with Crippen molar-refractivity contribution in [2.75, 3.05) is 13.6 Å². The number of carbonyl (C=O) groups is 1. The minimum absolute atomic E-state index is 0.240. The standard InChI is InChI=1S/C13H27N3O4S/c1-11(2)20-12(17)15-21(18,19)16(3)13(10-14)8-6-4-5-7-9-13/h11H,4-10,14H2,1-3H3,(H,15,17). The lowest BCUT2D eigenvalue weighted by atomic mass is 9.90. The van der Waals surface area contributed by atoms with Gasteiger partial charge in [-0.05, 0) is 26.7 Å². The van der Waals surface area contributed by atoms with Crippen LogP contribution in [0.2, 0.25) is 0 Å². The molecule has 0 spiro atoms. The molecule has 1 fully saturated rings. The van der Waals surface area contributed by atoms with Crippen molar-refractivity contribution in [3.8, 4) is 0 Å². The first kappa shape index (κ1) is 18.2. The Morgan fingerprint density at radius 1 is 1.29 bits per heavy atom. The summed E-state index contributed by atoms with van der Waals surface area (Å²) in [5.41, 5.74) is 5.24. The summed E-state index contributed by atoms with van der Waals surface area (Å²) in [6.45, 7) is 3.55. The molecule has 3 N–H and O–H groups in total. The fraction of sp³-hybridized carbons (Fsp3) is 0.923. The van der Waals surface area contributed by atoms with Gasteiger partial charge in [0.05, 0.1) is 6.10 Å². The molecule has 0 aromatic rings. The molecule has 1 aliphatic carbocycles. The van der Waals surface area contributed by atoms with Crippen LogP contribution in [0.1, 0.15) is 52.4 Å². The van der Waals surface area contributed by atoms with E-state index in [0.29, 0.717) is 12.8 Å². The first-order chi connectivity index (χ1) is 9.73. The third-order valence-electron chi connectivity index (χ3n) is 4.00. The van der Waals surface area contributed by atoms with Crippen molar-refractivity contribution in [3.05, 3.63) is 0 Å². The number of amides is 1. The van der Waals surface area contributed by atoms with E-state index in [2.05, 4.69) is 0 Å². The van der Waals surface area contributed by atoms with Gasteiger partial charge < -0.3 is 10.5 Å². The van der Waals surface area contributed by atoms with Crippen LogP contribution in [0.5, 0.6) is 0 Å². The Hall–Kier alpha value is -0.860. The topological polar surface area (TPSA) is 102 Å². The van der Waals surface area contributed by atoms with Crippen LogP contribution in [0.15, 0.2) is 0 Å². The van der Waals surface area contributed by atoms with Gasteiger partial charge in [0.25, 0.3) is 0 Å². The van der Waals surface area contributed by atoms with Crippen molar-refractivity contribution in [2.24, 2.45) is 5.73 Å². The highest BCUT2D eigenvalue weighted by Crippen LogP contribution is 2.32. The molecule has 124 valence electrons.